The lowest BCUT2D eigenvalue weighted by Gasteiger charge is -2.27. The Morgan fingerprint density at radius 3 is 2.54 bits per heavy atom. The first kappa shape index (κ1) is 24.7. The van der Waals surface area contributed by atoms with Gasteiger partial charge in [0.1, 0.15) is 11.3 Å². The minimum atomic E-state index is -0.894. The van der Waals surface area contributed by atoms with Gasteiger partial charge in [0.05, 0.1) is 17.7 Å². The van der Waals surface area contributed by atoms with Crippen LogP contribution < -0.4 is 9.64 Å². The number of carbonyl (C=O) groups is 2. The molecule has 1 aliphatic rings. The number of aryl methyl sites for hydroxylation is 2. The number of hydrogen-bond donors (Lipinski definition) is 1. The third kappa shape index (κ3) is 4.49. The van der Waals surface area contributed by atoms with Crippen molar-refractivity contribution in [3.63, 3.8) is 0 Å². The summed E-state index contributed by atoms with van der Waals surface area (Å²) < 4.78 is 11.7. The van der Waals surface area contributed by atoms with E-state index in [0.29, 0.717) is 33.0 Å². The fourth-order valence-electron chi connectivity index (χ4n) is 4.58. The standard InChI is InChI=1S/C30H26ClNO5/c1-16(2)36-23-7-5-6-19(14-23)27-26(28(33)25-15-20-13-21(31)9-11-24(20)37-25)29(34)30(35)32(27)22-10-8-17(3)18(4)12-22/h5-16,27,34H,1-4H3. The van der Waals surface area contributed by atoms with Crippen LogP contribution in [0.5, 0.6) is 5.75 Å². The molecule has 1 aromatic heterocycles. The van der Waals surface area contributed by atoms with Gasteiger partial charge in [-0.05, 0) is 92.9 Å². The minimum absolute atomic E-state index is 0.00754. The Hall–Kier alpha value is -4.03. The number of halogens is 1. The smallest absolute Gasteiger partial charge is 0.294 e. The van der Waals surface area contributed by atoms with Gasteiger partial charge >= 0.3 is 0 Å². The Labute approximate surface area is 219 Å². The van der Waals surface area contributed by atoms with E-state index in [1.807, 2.05) is 58.0 Å². The third-order valence-electron chi connectivity index (χ3n) is 6.47. The largest absolute Gasteiger partial charge is 0.503 e. The van der Waals surface area contributed by atoms with Crippen molar-refractivity contribution in [2.24, 2.45) is 0 Å². The molecular weight excluding hydrogens is 490 g/mol. The number of rotatable bonds is 6. The number of Topliss-reactive ketones (excluding diaryl/α,β-unsaturated/α-hetero) is 1. The average molecular weight is 516 g/mol. The van der Waals surface area contributed by atoms with Crippen molar-refractivity contribution in [3.05, 3.63) is 106 Å². The van der Waals surface area contributed by atoms with Gasteiger partial charge in [0.25, 0.3) is 5.91 Å². The normalized spacial score (nSPS) is 15.8. The summed E-state index contributed by atoms with van der Waals surface area (Å²) in [6, 6.07) is 18.5. The molecule has 0 radical (unpaired) electrons. The van der Waals surface area contributed by atoms with Gasteiger partial charge in [0.15, 0.2) is 11.5 Å². The summed E-state index contributed by atoms with van der Waals surface area (Å²) in [5.41, 5.74) is 3.65. The van der Waals surface area contributed by atoms with E-state index in [1.165, 1.54) is 4.90 Å². The zero-order valence-corrected chi connectivity index (χ0v) is 21.7. The Morgan fingerprint density at radius 1 is 1.03 bits per heavy atom. The second-order valence-electron chi connectivity index (χ2n) is 9.47. The number of hydrogen-bond acceptors (Lipinski definition) is 5. The highest BCUT2D eigenvalue weighted by Gasteiger charge is 2.45. The van der Waals surface area contributed by atoms with Crippen LogP contribution in [0.15, 0.2) is 82.5 Å². The average Bonchev–Trinajstić information content (AvgIpc) is 3.39. The van der Waals surface area contributed by atoms with Crippen molar-refractivity contribution >= 4 is 39.9 Å². The maximum atomic E-state index is 13.8. The molecule has 0 saturated heterocycles. The van der Waals surface area contributed by atoms with Gasteiger partial charge in [-0.2, -0.15) is 0 Å². The Morgan fingerprint density at radius 2 is 1.81 bits per heavy atom. The molecule has 1 unspecified atom stereocenters. The summed E-state index contributed by atoms with van der Waals surface area (Å²) in [4.78, 5) is 28.8. The van der Waals surface area contributed by atoms with E-state index >= 15 is 0 Å². The van der Waals surface area contributed by atoms with Crippen LogP contribution in [0, 0.1) is 13.8 Å². The van der Waals surface area contributed by atoms with Crippen molar-refractivity contribution in [1.82, 2.24) is 0 Å². The van der Waals surface area contributed by atoms with Crippen molar-refractivity contribution < 1.29 is 23.8 Å². The Balaban J connectivity index is 1.66. The predicted octanol–water partition coefficient (Wildman–Crippen LogP) is 7.27. The van der Waals surface area contributed by atoms with E-state index in [9.17, 15) is 14.7 Å². The van der Waals surface area contributed by atoms with Crippen LogP contribution in [0.3, 0.4) is 0 Å². The van der Waals surface area contributed by atoms with Gasteiger partial charge in [0, 0.05) is 16.1 Å². The number of benzene rings is 3. The zero-order valence-electron chi connectivity index (χ0n) is 20.9. The molecule has 0 bridgehead atoms. The SMILES string of the molecule is Cc1ccc(N2C(=O)C(O)=C(C(=O)c3cc4cc(Cl)ccc4o3)C2c2cccc(OC(C)C)c2)cc1C. The molecule has 1 aliphatic heterocycles. The fourth-order valence-corrected chi connectivity index (χ4v) is 4.76. The molecule has 0 spiro atoms. The number of amides is 1. The Kier molecular flexibility index (Phi) is 6.30. The number of anilines is 1. The van der Waals surface area contributed by atoms with E-state index in [0.717, 1.165) is 11.1 Å². The van der Waals surface area contributed by atoms with Gasteiger partial charge < -0.3 is 14.3 Å². The van der Waals surface area contributed by atoms with Crippen molar-refractivity contribution in [1.29, 1.82) is 0 Å². The lowest BCUT2D eigenvalue weighted by Crippen LogP contribution is -2.31. The van der Waals surface area contributed by atoms with Crippen LogP contribution in [-0.4, -0.2) is 22.9 Å². The highest BCUT2D eigenvalue weighted by atomic mass is 35.5. The lowest BCUT2D eigenvalue weighted by molar-refractivity contribution is -0.117. The van der Waals surface area contributed by atoms with Crippen molar-refractivity contribution in [2.75, 3.05) is 4.90 Å². The molecule has 188 valence electrons. The van der Waals surface area contributed by atoms with Crippen molar-refractivity contribution in [2.45, 2.75) is 39.8 Å². The predicted molar refractivity (Wildman–Crippen MR) is 144 cm³/mol. The first-order chi connectivity index (χ1) is 17.6. The summed E-state index contributed by atoms with van der Waals surface area (Å²) in [7, 11) is 0. The summed E-state index contributed by atoms with van der Waals surface area (Å²) in [6.07, 6.45) is -0.0660. The maximum absolute atomic E-state index is 13.8. The summed E-state index contributed by atoms with van der Waals surface area (Å²) in [5.74, 6) is -1.25. The van der Waals surface area contributed by atoms with E-state index in [4.69, 9.17) is 20.8 Å². The molecular formula is C30H26ClNO5. The number of carbonyl (C=O) groups excluding carboxylic acids is 2. The summed E-state index contributed by atoms with van der Waals surface area (Å²) in [5, 5.41) is 12.2. The number of aliphatic hydroxyl groups is 1. The number of ether oxygens (including phenoxy) is 1. The molecule has 0 aliphatic carbocycles. The molecule has 1 amide bonds. The second-order valence-corrected chi connectivity index (χ2v) is 9.91. The van der Waals surface area contributed by atoms with Gasteiger partial charge in [-0.3, -0.25) is 14.5 Å². The number of furan rings is 1. The highest BCUT2D eigenvalue weighted by Crippen LogP contribution is 2.43. The monoisotopic (exact) mass is 515 g/mol. The van der Waals surface area contributed by atoms with Gasteiger partial charge in [-0.15, -0.1) is 0 Å². The number of aliphatic hydroxyl groups excluding tert-OH is 1. The summed E-state index contributed by atoms with van der Waals surface area (Å²) >= 11 is 6.10. The van der Waals surface area contributed by atoms with Crippen LogP contribution in [0.25, 0.3) is 11.0 Å². The zero-order chi connectivity index (χ0) is 26.4. The van der Waals surface area contributed by atoms with E-state index in [1.54, 1.807) is 36.4 Å². The van der Waals surface area contributed by atoms with Gasteiger partial charge in [-0.25, -0.2) is 0 Å². The molecule has 0 saturated carbocycles. The number of nitrogens with zero attached hydrogens (tertiary/aromatic N) is 1. The van der Waals surface area contributed by atoms with Crippen LogP contribution >= 0.6 is 11.6 Å². The van der Waals surface area contributed by atoms with Gasteiger partial charge in [0.2, 0.25) is 5.78 Å². The lowest BCUT2D eigenvalue weighted by atomic mass is 9.94. The van der Waals surface area contributed by atoms with E-state index in [-0.39, 0.29) is 17.4 Å². The van der Waals surface area contributed by atoms with E-state index in [2.05, 4.69) is 0 Å². The minimum Gasteiger partial charge on any atom is -0.503 e. The fraction of sp³-hybridized carbons (Fsp3) is 0.200. The van der Waals surface area contributed by atoms with Crippen molar-refractivity contribution in [3.8, 4) is 5.75 Å². The van der Waals surface area contributed by atoms with Crippen LogP contribution in [0.1, 0.15) is 47.1 Å². The summed E-state index contributed by atoms with van der Waals surface area (Å²) in [6.45, 7) is 7.77. The van der Waals surface area contributed by atoms with Gasteiger partial charge in [-0.1, -0.05) is 29.8 Å². The maximum Gasteiger partial charge on any atom is 0.294 e. The Bertz CT molecular complexity index is 1580. The van der Waals surface area contributed by atoms with Crippen LogP contribution in [0.2, 0.25) is 5.02 Å². The second kappa shape index (κ2) is 9.45. The molecule has 7 heteroatoms. The van der Waals surface area contributed by atoms with E-state index < -0.39 is 23.5 Å². The molecule has 4 aromatic rings. The first-order valence-corrected chi connectivity index (χ1v) is 12.4. The highest BCUT2D eigenvalue weighted by molar-refractivity contribution is 6.31. The quantitative estimate of drug-likeness (QED) is 0.273. The molecule has 0 fully saturated rings. The third-order valence-corrected chi connectivity index (χ3v) is 6.70. The topological polar surface area (TPSA) is 80.0 Å². The van der Waals surface area contributed by atoms with Crippen LogP contribution in [-0.2, 0) is 4.79 Å². The molecule has 3 aromatic carbocycles. The first-order valence-electron chi connectivity index (χ1n) is 12.0. The molecule has 6 nitrogen and oxygen atoms in total. The number of ketones is 1. The molecule has 5 rings (SSSR count). The molecule has 2 heterocycles. The number of fused-ring (bicyclic) bond motifs is 1. The molecule has 1 N–H and O–H groups in total. The molecule has 1 atom stereocenters. The molecule has 37 heavy (non-hydrogen) atoms. The van der Waals surface area contributed by atoms with Crippen LogP contribution in [0.4, 0.5) is 5.69 Å².